The molecule has 5 heteroatoms. The van der Waals surface area contributed by atoms with Crippen LogP contribution in [-0.4, -0.2) is 40.7 Å². The van der Waals surface area contributed by atoms with Crippen molar-refractivity contribution >= 4 is 14.6 Å². The second-order valence-corrected chi connectivity index (χ2v) is 16.0. The summed E-state index contributed by atoms with van der Waals surface area (Å²) in [5.74, 6) is -0.0992. The van der Waals surface area contributed by atoms with Crippen molar-refractivity contribution in [3.05, 3.63) is 12.7 Å². The van der Waals surface area contributed by atoms with Crippen LogP contribution in [0.5, 0.6) is 0 Å². The predicted molar refractivity (Wildman–Crippen MR) is 117 cm³/mol. The lowest BCUT2D eigenvalue weighted by Gasteiger charge is -2.62. The SMILES string of the molecule is C=C[C@]1(C)C[C@@H](O[Si](C)(C)C(C)(C)C)[C@@]2(C)[C@@H](OCOC)CC[C@@]2(C)[C@H]1C=O. The first-order valence-electron chi connectivity index (χ1n) is 10.6. The molecule has 0 aromatic rings. The first kappa shape index (κ1) is 23.8. The van der Waals surface area contributed by atoms with Gasteiger partial charge in [-0.15, -0.1) is 6.58 Å². The van der Waals surface area contributed by atoms with Crippen molar-refractivity contribution in [1.82, 2.24) is 0 Å². The van der Waals surface area contributed by atoms with E-state index in [-0.39, 0.29) is 46.2 Å². The molecule has 2 aliphatic rings. The monoisotopic (exact) mass is 410 g/mol. The zero-order valence-electron chi connectivity index (χ0n) is 19.6. The summed E-state index contributed by atoms with van der Waals surface area (Å²) >= 11 is 0. The van der Waals surface area contributed by atoms with Crippen LogP contribution in [0.2, 0.25) is 18.1 Å². The van der Waals surface area contributed by atoms with Gasteiger partial charge in [-0.1, -0.05) is 47.6 Å². The van der Waals surface area contributed by atoms with E-state index in [9.17, 15) is 4.79 Å². The molecule has 0 heterocycles. The van der Waals surface area contributed by atoms with Gasteiger partial charge in [-0.25, -0.2) is 0 Å². The van der Waals surface area contributed by atoms with Gasteiger partial charge < -0.3 is 18.7 Å². The number of methoxy groups -OCH3 is 1. The van der Waals surface area contributed by atoms with Crippen LogP contribution in [0.1, 0.15) is 60.8 Å². The van der Waals surface area contributed by atoms with Crippen LogP contribution < -0.4 is 0 Å². The summed E-state index contributed by atoms with van der Waals surface area (Å²) in [5, 5.41) is 0.118. The van der Waals surface area contributed by atoms with Gasteiger partial charge in [0.05, 0.1) is 12.2 Å². The Morgan fingerprint density at radius 3 is 2.25 bits per heavy atom. The molecule has 0 radical (unpaired) electrons. The van der Waals surface area contributed by atoms with E-state index in [1.807, 2.05) is 6.08 Å². The number of fused-ring (bicyclic) bond motifs is 1. The van der Waals surface area contributed by atoms with Crippen LogP contribution in [0.4, 0.5) is 0 Å². The Morgan fingerprint density at radius 2 is 1.79 bits per heavy atom. The van der Waals surface area contributed by atoms with E-state index in [2.05, 4.69) is 61.2 Å². The highest BCUT2D eigenvalue weighted by Gasteiger charge is 2.69. The fourth-order valence-corrected chi connectivity index (χ4v) is 6.91. The normalized spacial score (nSPS) is 41.5. The molecule has 0 bridgehead atoms. The van der Waals surface area contributed by atoms with E-state index in [1.54, 1.807) is 7.11 Å². The third-order valence-electron chi connectivity index (χ3n) is 8.75. The number of aldehydes is 1. The minimum Gasteiger partial charge on any atom is -0.413 e. The van der Waals surface area contributed by atoms with Crippen molar-refractivity contribution in [2.75, 3.05) is 13.9 Å². The molecule has 4 nitrogen and oxygen atoms in total. The highest BCUT2D eigenvalue weighted by atomic mass is 28.4. The second kappa shape index (κ2) is 7.64. The van der Waals surface area contributed by atoms with Crippen molar-refractivity contribution in [2.24, 2.45) is 22.2 Å². The molecule has 2 rings (SSSR count). The molecular formula is C23H42O4Si. The Morgan fingerprint density at radius 1 is 1.18 bits per heavy atom. The molecule has 2 saturated carbocycles. The van der Waals surface area contributed by atoms with Gasteiger partial charge in [0.1, 0.15) is 13.1 Å². The van der Waals surface area contributed by atoms with Gasteiger partial charge in [-0.3, -0.25) is 0 Å². The number of carbonyl (C=O) groups excluding carboxylic acids is 1. The highest BCUT2D eigenvalue weighted by Crippen LogP contribution is 2.68. The Balaban J connectivity index is 2.57. The average molecular weight is 411 g/mol. The molecule has 0 aromatic carbocycles. The quantitative estimate of drug-likeness (QED) is 0.238. The molecule has 0 spiro atoms. The molecular weight excluding hydrogens is 368 g/mol. The fourth-order valence-electron chi connectivity index (χ4n) is 5.52. The maximum Gasteiger partial charge on any atom is 0.192 e. The molecule has 6 atom stereocenters. The minimum absolute atomic E-state index is 0.0157. The number of rotatable bonds is 7. The van der Waals surface area contributed by atoms with Crippen molar-refractivity contribution < 1.29 is 18.7 Å². The molecule has 2 fully saturated rings. The largest absolute Gasteiger partial charge is 0.413 e. The summed E-state index contributed by atoms with van der Waals surface area (Å²) in [6.07, 6.45) is 5.85. The number of ether oxygens (including phenoxy) is 2. The van der Waals surface area contributed by atoms with Crippen LogP contribution in [0.25, 0.3) is 0 Å². The lowest BCUT2D eigenvalue weighted by molar-refractivity contribution is -0.200. The molecule has 2 aliphatic carbocycles. The van der Waals surface area contributed by atoms with Crippen LogP contribution in [0.15, 0.2) is 12.7 Å². The van der Waals surface area contributed by atoms with Crippen molar-refractivity contribution in [1.29, 1.82) is 0 Å². The number of hydrogen-bond donors (Lipinski definition) is 0. The smallest absolute Gasteiger partial charge is 0.192 e. The van der Waals surface area contributed by atoms with E-state index < -0.39 is 8.32 Å². The van der Waals surface area contributed by atoms with Crippen LogP contribution in [0, 0.1) is 22.2 Å². The Kier molecular flexibility index (Phi) is 6.49. The molecule has 28 heavy (non-hydrogen) atoms. The number of hydrogen-bond acceptors (Lipinski definition) is 4. The fraction of sp³-hybridized carbons (Fsp3) is 0.870. The summed E-state index contributed by atoms with van der Waals surface area (Å²) in [5.41, 5.74) is -0.740. The van der Waals surface area contributed by atoms with Gasteiger partial charge in [0.15, 0.2) is 8.32 Å². The van der Waals surface area contributed by atoms with E-state index in [1.165, 1.54) is 6.29 Å². The molecule has 162 valence electrons. The molecule has 0 aliphatic heterocycles. The minimum atomic E-state index is -2.01. The zero-order chi connectivity index (χ0) is 21.6. The topological polar surface area (TPSA) is 44.8 Å². The average Bonchev–Trinajstić information content (AvgIpc) is 2.84. The lowest BCUT2D eigenvalue weighted by atomic mass is 9.46. The number of carbonyl (C=O) groups is 1. The third kappa shape index (κ3) is 3.46. The van der Waals surface area contributed by atoms with Gasteiger partial charge in [0.2, 0.25) is 0 Å². The first-order valence-corrected chi connectivity index (χ1v) is 13.5. The number of allylic oxidation sites excluding steroid dienone is 1. The Labute approximate surface area is 173 Å². The standard InChI is InChI=1S/C23H42O4Si/c1-11-21(5)14-19(27-28(9,10)20(2,3)4)23(7)18(26-16-25-8)12-13-22(23,6)17(21)15-24/h11,15,17-19H,1,12-14,16H2,2-10H3/t17-,18-,19+,21+,22-,23+/m0/s1. The summed E-state index contributed by atoms with van der Waals surface area (Å²) in [4.78, 5) is 12.4. The van der Waals surface area contributed by atoms with Crippen molar-refractivity contribution in [3.8, 4) is 0 Å². The Hall–Kier alpha value is -0.493. The van der Waals surface area contributed by atoms with E-state index in [0.717, 1.165) is 19.3 Å². The van der Waals surface area contributed by atoms with Gasteiger partial charge >= 0.3 is 0 Å². The Bertz CT molecular complexity index is 598. The van der Waals surface area contributed by atoms with Crippen molar-refractivity contribution in [2.45, 2.75) is 91.1 Å². The zero-order valence-corrected chi connectivity index (χ0v) is 20.6. The predicted octanol–water partition coefficient (Wildman–Crippen LogP) is 5.58. The summed E-state index contributed by atoms with van der Waals surface area (Å²) in [7, 11) is -0.353. The van der Waals surface area contributed by atoms with Crippen LogP contribution in [-0.2, 0) is 18.7 Å². The lowest BCUT2D eigenvalue weighted by Crippen LogP contribution is -2.64. The third-order valence-corrected chi connectivity index (χ3v) is 13.2. The molecule has 0 N–H and O–H groups in total. The molecule has 0 saturated heterocycles. The molecule has 0 aromatic heterocycles. The van der Waals surface area contributed by atoms with Gasteiger partial charge in [0, 0.05) is 18.4 Å². The molecule has 0 amide bonds. The van der Waals surface area contributed by atoms with E-state index >= 15 is 0 Å². The molecule has 0 unspecified atom stereocenters. The highest BCUT2D eigenvalue weighted by molar-refractivity contribution is 6.74. The summed E-state index contributed by atoms with van der Waals surface area (Å²) in [6.45, 7) is 22.6. The van der Waals surface area contributed by atoms with Crippen LogP contribution in [0.3, 0.4) is 0 Å². The van der Waals surface area contributed by atoms with Gasteiger partial charge in [0.25, 0.3) is 0 Å². The maximum atomic E-state index is 12.4. The second-order valence-electron chi connectivity index (χ2n) is 11.2. The first-order chi connectivity index (χ1) is 12.7. The van der Waals surface area contributed by atoms with Crippen LogP contribution >= 0.6 is 0 Å². The maximum absolute atomic E-state index is 12.4. The van der Waals surface area contributed by atoms with Gasteiger partial charge in [-0.05, 0) is 48.2 Å². The van der Waals surface area contributed by atoms with E-state index in [4.69, 9.17) is 13.9 Å². The summed E-state index contributed by atoms with van der Waals surface area (Å²) < 4.78 is 18.5. The van der Waals surface area contributed by atoms with Gasteiger partial charge in [-0.2, -0.15) is 0 Å². The summed E-state index contributed by atoms with van der Waals surface area (Å²) in [6, 6.07) is 0. The van der Waals surface area contributed by atoms with Crippen molar-refractivity contribution in [3.63, 3.8) is 0 Å². The van der Waals surface area contributed by atoms with E-state index in [0.29, 0.717) is 0 Å².